The molecule has 0 saturated heterocycles. The number of hydrogen-bond acceptors (Lipinski definition) is 4. The van der Waals surface area contributed by atoms with Gasteiger partial charge in [-0.1, -0.05) is 12.5 Å². The van der Waals surface area contributed by atoms with Gasteiger partial charge in [0, 0.05) is 44.4 Å². The van der Waals surface area contributed by atoms with Gasteiger partial charge in [0.2, 0.25) is 0 Å². The standard InChI is InChI=1S/C18H28N6S/c1-19-18(21-12-10-15-7-6-14-25-15)20-11-5-9-17-23-22-16-8-3-2-4-13-24(16)17/h6-7,14H,2-5,8-13H2,1H3,(H2,19,20,21). The monoisotopic (exact) mass is 360 g/mol. The van der Waals surface area contributed by atoms with E-state index in [1.54, 1.807) is 11.3 Å². The van der Waals surface area contributed by atoms with Gasteiger partial charge in [0.05, 0.1) is 0 Å². The summed E-state index contributed by atoms with van der Waals surface area (Å²) in [5.74, 6) is 3.18. The predicted molar refractivity (Wildman–Crippen MR) is 103 cm³/mol. The maximum absolute atomic E-state index is 4.39. The van der Waals surface area contributed by atoms with Crippen LogP contribution < -0.4 is 10.6 Å². The molecule has 25 heavy (non-hydrogen) atoms. The van der Waals surface area contributed by atoms with E-state index in [0.717, 1.165) is 57.1 Å². The Labute approximate surface area is 153 Å². The average Bonchev–Trinajstić information content (AvgIpc) is 3.22. The van der Waals surface area contributed by atoms with E-state index < -0.39 is 0 Å². The molecule has 0 aliphatic carbocycles. The van der Waals surface area contributed by atoms with Gasteiger partial charge < -0.3 is 15.2 Å². The Kier molecular flexibility index (Phi) is 6.85. The van der Waals surface area contributed by atoms with Crippen molar-refractivity contribution in [1.29, 1.82) is 0 Å². The summed E-state index contributed by atoms with van der Waals surface area (Å²) in [7, 11) is 1.82. The quantitative estimate of drug-likeness (QED) is 0.452. The summed E-state index contributed by atoms with van der Waals surface area (Å²) in [6, 6.07) is 4.27. The van der Waals surface area contributed by atoms with E-state index in [1.807, 2.05) is 7.05 Å². The van der Waals surface area contributed by atoms with Gasteiger partial charge in [0.25, 0.3) is 0 Å². The van der Waals surface area contributed by atoms with Crippen LogP contribution >= 0.6 is 11.3 Å². The van der Waals surface area contributed by atoms with Gasteiger partial charge in [-0.05, 0) is 37.1 Å². The number of fused-ring (bicyclic) bond motifs is 1. The van der Waals surface area contributed by atoms with Crippen LogP contribution in [0, 0.1) is 0 Å². The Morgan fingerprint density at radius 2 is 2.12 bits per heavy atom. The van der Waals surface area contributed by atoms with E-state index in [9.17, 15) is 0 Å². The van der Waals surface area contributed by atoms with Crippen LogP contribution in [-0.2, 0) is 25.8 Å². The highest BCUT2D eigenvalue weighted by molar-refractivity contribution is 7.09. The summed E-state index contributed by atoms with van der Waals surface area (Å²) >= 11 is 1.80. The fourth-order valence-electron chi connectivity index (χ4n) is 3.16. The van der Waals surface area contributed by atoms with Crippen molar-refractivity contribution in [3.63, 3.8) is 0 Å². The summed E-state index contributed by atoms with van der Waals surface area (Å²) in [6.45, 7) is 2.87. The van der Waals surface area contributed by atoms with Crippen LogP contribution in [0.2, 0.25) is 0 Å². The zero-order chi connectivity index (χ0) is 17.3. The first kappa shape index (κ1) is 17.9. The van der Waals surface area contributed by atoms with Gasteiger partial charge in [-0.3, -0.25) is 4.99 Å². The van der Waals surface area contributed by atoms with E-state index in [1.165, 1.54) is 30.0 Å². The molecule has 3 rings (SSSR count). The van der Waals surface area contributed by atoms with Crippen LogP contribution in [0.25, 0.3) is 0 Å². The molecule has 0 unspecified atom stereocenters. The molecular weight excluding hydrogens is 332 g/mol. The number of nitrogens with zero attached hydrogens (tertiary/aromatic N) is 4. The van der Waals surface area contributed by atoms with Crippen molar-refractivity contribution < 1.29 is 0 Å². The summed E-state index contributed by atoms with van der Waals surface area (Å²) in [4.78, 5) is 5.69. The second kappa shape index (κ2) is 9.56. The Balaban J connectivity index is 1.36. The average molecular weight is 361 g/mol. The second-order valence-corrected chi connectivity index (χ2v) is 7.39. The predicted octanol–water partition coefficient (Wildman–Crippen LogP) is 2.41. The molecule has 1 aliphatic rings. The summed E-state index contributed by atoms with van der Waals surface area (Å²) in [5, 5.41) is 17.6. The minimum Gasteiger partial charge on any atom is -0.356 e. The largest absolute Gasteiger partial charge is 0.356 e. The van der Waals surface area contributed by atoms with Crippen molar-refractivity contribution in [2.45, 2.75) is 51.5 Å². The molecule has 7 heteroatoms. The molecule has 2 N–H and O–H groups in total. The van der Waals surface area contributed by atoms with E-state index in [-0.39, 0.29) is 0 Å². The van der Waals surface area contributed by atoms with Gasteiger partial charge in [0.15, 0.2) is 5.96 Å². The number of hydrogen-bond donors (Lipinski definition) is 2. The van der Waals surface area contributed by atoms with E-state index >= 15 is 0 Å². The van der Waals surface area contributed by atoms with Crippen molar-refractivity contribution in [2.24, 2.45) is 4.99 Å². The van der Waals surface area contributed by atoms with Gasteiger partial charge in [-0.25, -0.2) is 0 Å². The van der Waals surface area contributed by atoms with Crippen molar-refractivity contribution in [2.75, 3.05) is 20.1 Å². The van der Waals surface area contributed by atoms with Crippen molar-refractivity contribution in [1.82, 2.24) is 25.4 Å². The highest BCUT2D eigenvalue weighted by atomic mass is 32.1. The Morgan fingerprint density at radius 1 is 1.20 bits per heavy atom. The first-order chi connectivity index (χ1) is 12.4. The number of aromatic nitrogens is 3. The maximum Gasteiger partial charge on any atom is 0.190 e. The Morgan fingerprint density at radius 3 is 2.96 bits per heavy atom. The van der Waals surface area contributed by atoms with Gasteiger partial charge >= 0.3 is 0 Å². The molecule has 1 aliphatic heterocycles. The lowest BCUT2D eigenvalue weighted by molar-refractivity contribution is 0.594. The minimum atomic E-state index is 0.872. The molecule has 0 bridgehead atoms. The Hall–Kier alpha value is -1.89. The summed E-state index contributed by atoms with van der Waals surface area (Å²) in [6.07, 6.45) is 7.90. The smallest absolute Gasteiger partial charge is 0.190 e. The summed E-state index contributed by atoms with van der Waals surface area (Å²) in [5.41, 5.74) is 0. The number of aliphatic imine (C=N–C) groups is 1. The van der Waals surface area contributed by atoms with Gasteiger partial charge in [-0.2, -0.15) is 0 Å². The molecule has 0 atom stereocenters. The number of rotatable bonds is 7. The molecule has 0 spiro atoms. The zero-order valence-electron chi connectivity index (χ0n) is 15.0. The lowest BCUT2D eigenvalue weighted by atomic mass is 10.2. The van der Waals surface area contributed by atoms with E-state index in [0.29, 0.717) is 0 Å². The number of guanidine groups is 1. The molecule has 0 amide bonds. The molecule has 6 nitrogen and oxygen atoms in total. The van der Waals surface area contributed by atoms with Crippen LogP contribution in [0.3, 0.4) is 0 Å². The van der Waals surface area contributed by atoms with Gasteiger partial charge in [-0.15, -0.1) is 21.5 Å². The third-order valence-corrected chi connectivity index (χ3v) is 5.46. The van der Waals surface area contributed by atoms with Crippen LogP contribution in [0.5, 0.6) is 0 Å². The maximum atomic E-state index is 4.39. The fourth-order valence-corrected chi connectivity index (χ4v) is 3.87. The van der Waals surface area contributed by atoms with Crippen LogP contribution in [0.4, 0.5) is 0 Å². The molecule has 0 saturated carbocycles. The third-order valence-electron chi connectivity index (χ3n) is 4.52. The number of thiophene rings is 1. The molecule has 136 valence electrons. The lowest BCUT2D eigenvalue weighted by Crippen LogP contribution is -2.38. The highest BCUT2D eigenvalue weighted by Gasteiger charge is 2.14. The molecule has 2 aromatic rings. The topological polar surface area (TPSA) is 67.1 Å². The van der Waals surface area contributed by atoms with E-state index in [2.05, 4.69) is 47.9 Å². The molecule has 0 radical (unpaired) electrons. The summed E-state index contributed by atoms with van der Waals surface area (Å²) < 4.78 is 2.33. The number of nitrogens with one attached hydrogen (secondary N) is 2. The minimum absolute atomic E-state index is 0.872. The third kappa shape index (κ3) is 5.29. The molecule has 0 aromatic carbocycles. The first-order valence-electron chi connectivity index (χ1n) is 9.24. The highest BCUT2D eigenvalue weighted by Crippen LogP contribution is 2.15. The van der Waals surface area contributed by atoms with Gasteiger partial charge in [0.1, 0.15) is 11.6 Å². The van der Waals surface area contributed by atoms with Crippen molar-refractivity contribution >= 4 is 17.3 Å². The van der Waals surface area contributed by atoms with E-state index in [4.69, 9.17) is 0 Å². The first-order valence-corrected chi connectivity index (χ1v) is 10.1. The van der Waals surface area contributed by atoms with Crippen molar-refractivity contribution in [3.05, 3.63) is 34.0 Å². The van der Waals surface area contributed by atoms with Crippen LogP contribution in [0.15, 0.2) is 22.5 Å². The molecule has 3 heterocycles. The SMILES string of the molecule is CN=C(NCCCc1nnc2n1CCCCC2)NCCc1cccs1. The lowest BCUT2D eigenvalue weighted by Gasteiger charge is -2.11. The Bertz CT molecular complexity index is 661. The molecule has 0 fully saturated rings. The zero-order valence-corrected chi connectivity index (χ0v) is 15.8. The van der Waals surface area contributed by atoms with Crippen LogP contribution in [0.1, 0.15) is 42.2 Å². The molecule has 2 aromatic heterocycles. The van der Waals surface area contributed by atoms with Crippen molar-refractivity contribution in [3.8, 4) is 0 Å². The van der Waals surface area contributed by atoms with Crippen LogP contribution in [-0.4, -0.2) is 40.9 Å². The number of aryl methyl sites for hydroxylation is 2. The second-order valence-electron chi connectivity index (χ2n) is 6.35. The normalized spacial score (nSPS) is 14.8. The fraction of sp³-hybridized carbons (Fsp3) is 0.611. The molecular formula is C18H28N6S.